The molecule has 15 heavy (non-hydrogen) atoms. The minimum Gasteiger partial charge on any atom is -0.307 e. The van der Waals surface area contributed by atoms with E-state index in [1.165, 1.54) is 24.0 Å². The number of aryl methyl sites for hydroxylation is 1. The lowest BCUT2D eigenvalue weighted by Crippen LogP contribution is -2.40. The fraction of sp³-hybridized carbons (Fsp3) is 0.615. The number of hydrogen-bond donors (Lipinski definition) is 1. The fourth-order valence-corrected chi connectivity index (χ4v) is 1.95. The van der Waals surface area contributed by atoms with E-state index in [0.29, 0.717) is 0 Å². The molecule has 1 aliphatic carbocycles. The SMILES string of the molecule is Cc1ccncc1CNC(C)(C)C1CC1. The Labute approximate surface area is 92.1 Å². The molecule has 1 saturated carbocycles. The third-order valence-electron chi connectivity index (χ3n) is 3.48. The van der Waals surface area contributed by atoms with Crippen LogP contribution in [-0.2, 0) is 6.54 Å². The molecule has 82 valence electrons. The minimum absolute atomic E-state index is 0.280. The van der Waals surface area contributed by atoms with E-state index in [4.69, 9.17) is 0 Å². The summed E-state index contributed by atoms with van der Waals surface area (Å²) in [4.78, 5) is 4.17. The van der Waals surface area contributed by atoms with Crippen molar-refractivity contribution < 1.29 is 0 Å². The molecule has 0 saturated heterocycles. The smallest absolute Gasteiger partial charge is 0.0315 e. The zero-order chi connectivity index (χ0) is 10.9. The molecule has 1 N–H and O–H groups in total. The van der Waals surface area contributed by atoms with Gasteiger partial charge in [0, 0.05) is 24.5 Å². The molecule has 0 bridgehead atoms. The van der Waals surface area contributed by atoms with Crippen molar-refractivity contribution in [2.24, 2.45) is 5.92 Å². The van der Waals surface area contributed by atoms with E-state index in [-0.39, 0.29) is 5.54 Å². The maximum Gasteiger partial charge on any atom is 0.0315 e. The Morgan fingerprint density at radius 3 is 2.80 bits per heavy atom. The van der Waals surface area contributed by atoms with Gasteiger partial charge in [0.05, 0.1) is 0 Å². The van der Waals surface area contributed by atoms with Crippen molar-refractivity contribution in [3.8, 4) is 0 Å². The van der Waals surface area contributed by atoms with Gasteiger partial charge in [-0.3, -0.25) is 4.98 Å². The van der Waals surface area contributed by atoms with Gasteiger partial charge in [-0.2, -0.15) is 0 Å². The van der Waals surface area contributed by atoms with Crippen LogP contribution >= 0.6 is 0 Å². The van der Waals surface area contributed by atoms with Gasteiger partial charge in [-0.25, -0.2) is 0 Å². The summed E-state index contributed by atoms with van der Waals surface area (Å²) in [7, 11) is 0. The van der Waals surface area contributed by atoms with Gasteiger partial charge >= 0.3 is 0 Å². The quantitative estimate of drug-likeness (QED) is 0.815. The van der Waals surface area contributed by atoms with Crippen LogP contribution in [0.1, 0.15) is 37.8 Å². The van der Waals surface area contributed by atoms with Crippen LogP contribution in [0.2, 0.25) is 0 Å². The Bertz CT molecular complexity index is 340. The highest BCUT2D eigenvalue weighted by Crippen LogP contribution is 2.39. The fourth-order valence-electron chi connectivity index (χ4n) is 1.95. The third kappa shape index (κ3) is 2.57. The Morgan fingerprint density at radius 1 is 1.47 bits per heavy atom. The Hall–Kier alpha value is -0.890. The van der Waals surface area contributed by atoms with E-state index in [0.717, 1.165) is 12.5 Å². The molecule has 1 aromatic rings. The molecule has 2 heteroatoms. The maximum atomic E-state index is 4.17. The lowest BCUT2D eigenvalue weighted by molar-refractivity contribution is 0.339. The van der Waals surface area contributed by atoms with Gasteiger partial charge < -0.3 is 5.32 Å². The number of hydrogen-bond acceptors (Lipinski definition) is 2. The van der Waals surface area contributed by atoms with Gasteiger partial charge in [0.25, 0.3) is 0 Å². The van der Waals surface area contributed by atoms with Gasteiger partial charge in [0.1, 0.15) is 0 Å². The summed E-state index contributed by atoms with van der Waals surface area (Å²) in [5.74, 6) is 0.870. The van der Waals surface area contributed by atoms with Crippen LogP contribution in [0.4, 0.5) is 0 Å². The standard InChI is InChI=1S/C13H20N2/c1-10-6-7-14-8-11(10)9-15-13(2,3)12-4-5-12/h6-8,12,15H,4-5,9H2,1-3H3. The van der Waals surface area contributed by atoms with E-state index in [1.807, 2.05) is 12.4 Å². The largest absolute Gasteiger partial charge is 0.307 e. The molecular weight excluding hydrogens is 184 g/mol. The monoisotopic (exact) mass is 204 g/mol. The van der Waals surface area contributed by atoms with E-state index in [2.05, 4.69) is 37.1 Å². The Balaban J connectivity index is 1.95. The molecular formula is C13H20N2. The molecule has 1 heterocycles. The lowest BCUT2D eigenvalue weighted by Gasteiger charge is -2.26. The van der Waals surface area contributed by atoms with Crippen LogP contribution in [0.5, 0.6) is 0 Å². The molecule has 2 rings (SSSR count). The molecule has 0 radical (unpaired) electrons. The number of rotatable bonds is 4. The van der Waals surface area contributed by atoms with E-state index in [1.54, 1.807) is 0 Å². The lowest BCUT2D eigenvalue weighted by atomic mass is 9.98. The van der Waals surface area contributed by atoms with Crippen LogP contribution in [0.3, 0.4) is 0 Å². The Morgan fingerprint density at radius 2 is 2.20 bits per heavy atom. The predicted molar refractivity (Wildman–Crippen MR) is 62.6 cm³/mol. The highest BCUT2D eigenvalue weighted by atomic mass is 15.0. The molecule has 0 unspecified atom stereocenters. The van der Waals surface area contributed by atoms with Crippen LogP contribution in [0, 0.1) is 12.8 Å². The molecule has 1 aromatic heterocycles. The van der Waals surface area contributed by atoms with Gasteiger partial charge in [0.15, 0.2) is 0 Å². The van der Waals surface area contributed by atoms with Crippen LogP contribution < -0.4 is 5.32 Å². The summed E-state index contributed by atoms with van der Waals surface area (Å²) in [6.07, 6.45) is 6.58. The van der Waals surface area contributed by atoms with Crippen LogP contribution in [0.15, 0.2) is 18.5 Å². The number of nitrogens with one attached hydrogen (secondary N) is 1. The number of aromatic nitrogens is 1. The van der Waals surface area contributed by atoms with Crippen molar-refractivity contribution in [3.05, 3.63) is 29.6 Å². The average Bonchev–Trinajstić information content (AvgIpc) is 3.00. The average molecular weight is 204 g/mol. The highest BCUT2D eigenvalue weighted by Gasteiger charge is 2.37. The summed E-state index contributed by atoms with van der Waals surface area (Å²) in [5.41, 5.74) is 2.91. The first-order valence-corrected chi connectivity index (χ1v) is 5.74. The summed E-state index contributed by atoms with van der Waals surface area (Å²) < 4.78 is 0. The second-order valence-corrected chi connectivity index (χ2v) is 5.15. The van der Waals surface area contributed by atoms with E-state index in [9.17, 15) is 0 Å². The van der Waals surface area contributed by atoms with E-state index >= 15 is 0 Å². The van der Waals surface area contributed by atoms with Crippen molar-refractivity contribution >= 4 is 0 Å². The first-order valence-electron chi connectivity index (χ1n) is 5.74. The first-order chi connectivity index (χ1) is 7.09. The third-order valence-corrected chi connectivity index (χ3v) is 3.48. The summed E-state index contributed by atoms with van der Waals surface area (Å²) in [6.45, 7) is 7.68. The second-order valence-electron chi connectivity index (χ2n) is 5.15. The van der Waals surface area contributed by atoms with Crippen molar-refractivity contribution in [2.75, 3.05) is 0 Å². The van der Waals surface area contributed by atoms with Gasteiger partial charge in [-0.05, 0) is 56.7 Å². The first kappa shape index (κ1) is 10.6. The summed E-state index contributed by atoms with van der Waals surface area (Å²) in [6, 6.07) is 2.07. The molecule has 1 fully saturated rings. The predicted octanol–water partition coefficient (Wildman–Crippen LogP) is 2.67. The molecule has 1 aliphatic rings. The zero-order valence-electron chi connectivity index (χ0n) is 9.88. The molecule has 0 atom stereocenters. The van der Waals surface area contributed by atoms with Gasteiger partial charge in [0.2, 0.25) is 0 Å². The van der Waals surface area contributed by atoms with Crippen molar-refractivity contribution in [3.63, 3.8) is 0 Å². The number of pyridine rings is 1. The molecule has 0 aliphatic heterocycles. The normalized spacial score (nSPS) is 16.7. The van der Waals surface area contributed by atoms with Crippen molar-refractivity contribution in [1.29, 1.82) is 0 Å². The van der Waals surface area contributed by atoms with Gasteiger partial charge in [-0.1, -0.05) is 0 Å². The Kier molecular flexibility index (Phi) is 2.79. The topological polar surface area (TPSA) is 24.9 Å². The van der Waals surface area contributed by atoms with Gasteiger partial charge in [-0.15, -0.1) is 0 Å². The second kappa shape index (κ2) is 3.93. The molecule has 0 aromatic carbocycles. The maximum absolute atomic E-state index is 4.17. The van der Waals surface area contributed by atoms with E-state index < -0.39 is 0 Å². The van der Waals surface area contributed by atoms with Crippen molar-refractivity contribution in [1.82, 2.24) is 10.3 Å². The van der Waals surface area contributed by atoms with Crippen LogP contribution in [0.25, 0.3) is 0 Å². The molecule has 2 nitrogen and oxygen atoms in total. The highest BCUT2D eigenvalue weighted by molar-refractivity contribution is 5.21. The summed E-state index contributed by atoms with van der Waals surface area (Å²) >= 11 is 0. The van der Waals surface area contributed by atoms with Crippen LogP contribution in [-0.4, -0.2) is 10.5 Å². The molecule has 0 spiro atoms. The number of nitrogens with zero attached hydrogens (tertiary/aromatic N) is 1. The van der Waals surface area contributed by atoms with Crippen molar-refractivity contribution in [2.45, 2.75) is 45.7 Å². The minimum atomic E-state index is 0.280. The molecule has 0 amide bonds. The summed E-state index contributed by atoms with van der Waals surface area (Å²) in [5, 5.41) is 3.64. The zero-order valence-corrected chi connectivity index (χ0v) is 9.88.